The summed E-state index contributed by atoms with van der Waals surface area (Å²) in [6.45, 7) is 8.52. The molecule has 1 nitrogen and oxygen atoms in total. The first-order valence-corrected chi connectivity index (χ1v) is 2.78. The van der Waals surface area contributed by atoms with Crippen molar-refractivity contribution in [2.45, 2.75) is 13.8 Å². The first-order chi connectivity index (χ1) is 3.77. The minimum absolute atomic E-state index is 0.895. The van der Waals surface area contributed by atoms with Gasteiger partial charge in [0, 0.05) is 12.2 Å². The topological polar surface area (TPSA) is 12.0 Å². The Morgan fingerprint density at radius 1 is 1.75 bits per heavy atom. The van der Waals surface area contributed by atoms with Gasteiger partial charge < -0.3 is 5.32 Å². The fourth-order valence-corrected chi connectivity index (χ4v) is 0.351. The van der Waals surface area contributed by atoms with Crippen molar-refractivity contribution in [1.82, 2.24) is 5.32 Å². The van der Waals surface area contributed by atoms with Crippen LogP contribution in [0.1, 0.15) is 13.8 Å². The van der Waals surface area contributed by atoms with E-state index in [1.807, 2.05) is 19.9 Å². The van der Waals surface area contributed by atoms with E-state index in [4.69, 9.17) is 0 Å². The summed E-state index contributed by atoms with van der Waals surface area (Å²) in [7, 11) is 0. The number of hydrogen-bond donors (Lipinski definition) is 1. The molecular weight excluding hydrogens is 98.1 g/mol. The molecule has 0 saturated carbocycles. The normalized spacial score (nSPS) is 9.75. The van der Waals surface area contributed by atoms with E-state index in [9.17, 15) is 0 Å². The Bertz CT molecular complexity index is 92.6. The zero-order valence-corrected chi connectivity index (χ0v) is 5.57. The zero-order valence-electron chi connectivity index (χ0n) is 5.57. The monoisotopic (exact) mass is 111 g/mol. The lowest BCUT2D eigenvalue weighted by Gasteiger charge is -1.97. The van der Waals surface area contributed by atoms with Crippen LogP contribution in [0.3, 0.4) is 0 Å². The zero-order chi connectivity index (χ0) is 6.41. The Labute approximate surface area is 51.1 Å². The van der Waals surface area contributed by atoms with Crippen molar-refractivity contribution in [2.24, 2.45) is 0 Å². The molecule has 0 fully saturated rings. The third-order valence-electron chi connectivity index (χ3n) is 0.757. The van der Waals surface area contributed by atoms with E-state index in [-0.39, 0.29) is 0 Å². The van der Waals surface area contributed by atoms with E-state index in [2.05, 4.69) is 18.0 Å². The predicted molar refractivity (Wildman–Crippen MR) is 37.6 cm³/mol. The number of rotatable bonds is 3. The summed E-state index contributed by atoms with van der Waals surface area (Å²) in [5, 5.41) is 3.07. The van der Waals surface area contributed by atoms with E-state index in [1.165, 1.54) is 0 Å². The Morgan fingerprint density at radius 3 is 2.75 bits per heavy atom. The molecule has 0 aromatic rings. The van der Waals surface area contributed by atoms with Crippen LogP contribution in [-0.4, -0.2) is 6.54 Å². The maximum Gasteiger partial charge on any atom is 0.0327 e. The smallest absolute Gasteiger partial charge is 0.0327 e. The van der Waals surface area contributed by atoms with Crippen LogP contribution < -0.4 is 5.32 Å². The van der Waals surface area contributed by atoms with Crippen molar-refractivity contribution < 1.29 is 0 Å². The lowest BCUT2D eigenvalue weighted by Crippen LogP contribution is -2.08. The lowest BCUT2D eigenvalue weighted by atomic mass is 10.5. The summed E-state index contributed by atoms with van der Waals surface area (Å²) in [6, 6.07) is 0. The van der Waals surface area contributed by atoms with Crippen LogP contribution >= 0.6 is 0 Å². The molecule has 0 atom stereocenters. The van der Waals surface area contributed by atoms with Gasteiger partial charge in [-0.05, 0) is 13.8 Å². The Morgan fingerprint density at radius 2 is 2.38 bits per heavy atom. The van der Waals surface area contributed by atoms with Crippen LogP contribution in [-0.2, 0) is 0 Å². The van der Waals surface area contributed by atoms with Gasteiger partial charge in [0.25, 0.3) is 0 Å². The van der Waals surface area contributed by atoms with Gasteiger partial charge in [-0.15, -0.1) is 0 Å². The van der Waals surface area contributed by atoms with Crippen LogP contribution in [0.25, 0.3) is 0 Å². The van der Waals surface area contributed by atoms with Gasteiger partial charge in [0.2, 0.25) is 0 Å². The molecule has 0 aliphatic rings. The van der Waals surface area contributed by atoms with Gasteiger partial charge in [0.05, 0.1) is 0 Å². The molecule has 46 valence electrons. The van der Waals surface area contributed by atoms with Crippen LogP contribution in [0.4, 0.5) is 0 Å². The molecule has 0 heterocycles. The van der Waals surface area contributed by atoms with Crippen molar-refractivity contribution >= 4 is 0 Å². The Balaban J connectivity index is 3.05. The number of nitrogens with one attached hydrogen (secondary N) is 1. The van der Waals surface area contributed by atoms with E-state index in [0.29, 0.717) is 0 Å². The highest BCUT2D eigenvalue weighted by Gasteiger charge is 1.74. The quantitative estimate of drug-likeness (QED) is 0.546. The second kappa shape index (κ2) is 4.44. The first-order valence-electron chi connectivity index (χ1n) is 2.78. The van der Waals surface area contributed by atoms with Crippen LogP contribution in [0, 0.1) is 0 Å². The van der Waals surface area contributed by atoms with Gasteiger partial charge in [0.15, 0.2) is 0 Å². The summed E-state index contributed by atoms with van der Waals surface area (Å²) in [4.78, 5) is 0. The minimum Gasteiger partial charge on any atom is -0.386 e. The van der Waals surface area contributed by atoms with Crippen molar-refractivity contribution in [3.63, 3.8) is 0 Å². The first kappa shape index (κ1) is 7.28. The van der Waals surface area contributed by atoms with E-state index in [0.717, 1.165) is 12.2 Å². The van der Waals surface area contributed by atoms with Crippen molar-refractivity contribution in [3.05, 3.63) is 24.4 Å². The van der Waals surface area contributed by atoms with Gasteiger partial charge in [-0.3, -0.25) is 0 Å². The van der Waals surface area contributed by atoms with E-state index < -0.39 is 0 Å². The number of hydrogen-bond acceptors (Lipinski definition) is 1. The van der Waals surface area contributed by atoms with E-state index >= 15 is 0 Å². The lowest BCUT2D eigenvalue weighted by molar-refractivity contribution is 0.909. The van der Waals surface area contributed by atoms with Crippen LogP contribution in [0.5, 0.6) is 0 Å². The molecule has 1 N–H and O–H groups in total. The standard InChI is InChI=1S/C7H13N/c1-4-5-6-8-7(2)3/h4-5,8H,2,6H2,1,3H3/b5-4+. The highest BCUT2D eigenvalue weighted by molar-refractivity contribution is 4.89. The number of allylic oxidation sites excluding steroid dienone is 2. The summed E-state index contributed by atoms with van der Waals surface area (Å²) < 4.78 is 0. The molecule has 0 aliphatic carbocycles. The van der Waals surface area contributed by atoms with Crippen molar-refractivity contribution in [2.75, 3.05) is 6.54 Å². The maximum atomic E-state index is 3.68. The van der Waals surface area contributed by atoms with Gasteiger partial charge in [-0.25, -0.2) is 0 Å². The van der Waals surface area contributed by atoms with Gasteiger partial charge in [-0.2, -0.15) is 0 Å². The molecule has 0 bridgehead atoms. The molecule has 0 spiro atoms. The van der Waals surface area contributed by atoms with Gasteiger partial charge >= 0.3 is 0 Å². The molecule has 0 saturated heterocycles. The van der Waals surface area contributed by atoms with Crippen molar-refractivity contribution in [3.8, 4) is 0 Å². The summed E-state index contributed by atoms with van der Waals surface area (Å²) in [5.41, 5.74) is 1.02. The maximum absolute atomic E-state index is 3.68. The molecule has 0 amide bonds. The average molecular weight is 111 g/mol. The average Bonchev–Trinajstić information content (AvgIpc) is 1.66. The van der Waals surface area contributed by atoms with Gasteiger partial charge in [-0.1, -0.05) is 18.7 Å². The second-order valence-electron chi connectivity index (χ2n) is 1.73. The Kier molecular flexibility index (Phi) is 4.04. The summed E-state index contributed by atoms with van der Waals surface area (Å²) in [5.74, 6) is 0. The fourth-order valence-electron chi connectivity index (χ4n) is 0.351. The SMILES string of the molecule is C=C(C)NC/C=C/C. The largest absolute Gasteiger partial charge is 0.386 e. The molecule has 0 aliphatic heterocycles. The van der Waals surface area contributed by atoms with Crippen molar-refractivity contribution in [1.29, 1.82) is 0 Å². The van der Waals surface area contributed by atoms with Crippen LogP contribution in [0.15, 0.2) is 24.4 Å². The molecule has 0 radical (unpaired) electrons. The molecule has 0 rings (SSSR count). The molecular formula is C7H13N. The Hall–Kier alpha value is -0.720. The third kappa shape index (κ3) is 5.28. The highest BCUT2D eigenvalue weighted by Crippen LogP contribution is 1.76. The van der Waals surface area contributed by atoms with Gasteiger partial charge in [0.1, 0.15) is 0 Å². The summed E-state index contributed by atoms with van der Waals surface area (Å²) in [6.07, 6.45) is 4.06. The molecule has 0 aromatic carbocycles. The second-order valence-corrected chi connectivity index (χ2v) is 1.73. The summed E-state index contributed by atoms with van der Waals surface area (Å²) >= 11 is 0. The van der Waals surface area contributed by atoms with E-state index in [1.54, 1.807) is 0 Å². The third-order valence-corrected chi connectivity index (χ3v) is 0.757. The molecule has 8 heavy (non-hydrogen) atoms. The molecule has 0 unspecified atom stereocenters. The fraction of sp³-hybridized carbons (Fsp3) is 0.429. The molecule has 0 aromatic heterocycles. The predicted octanol–water partition coefficient (Wildman–Crippen LogP) is 1.69. The molecule has 1 heteroatoms. The minimum atomic E-state index is 0.895. The highest BCUT2D eigenvalue weighted by atomic mass is 14.8. The van der Waals surface area contributed by atoms with Crippen LogP contribution in [0.2, 0.25) is 0 Å².